The zero-order chi connectivity index (χ0) is 12.8. The molecular formula is C12H20BrN3O. The zero-order valence-corrected chi connectivity index (χ0v) is 12.3. The van der Waals surface area contributed by atoms with Crippen LogP contribution in [0.3, 0.4) is 0 Å². The number of alkyl halides is 1. The van der Waals surface area contributed by atoms with Gasteiger partial charge in [0, 0.05) is 36.9 Å². The summed E-state index contributed by atoms with van der Waals surface area (Å²) in [5.74, 6) is 0.560. The van der Waals surface area contributed by atoms with E-state index in [1.165, 1.54) is 0 Å². The molecule has 4 nitrogen and oxygen atoms in total. The molecule has 17 heavy (non-hydrogen) atoms. The summed E-state index contributed by atoms with van der Waals surface area (Å²) >= 11 is 3.41. The third-order valence-electron chi connectivity index (χ3n) is 2.65. The van der Waals surface area contributed by atoms with E-state index < -0.39 is 0 Å². The number of hydrogen-bond acceptors (Lipinski definition) is 3. The van der Waals surface area contributed by atoms with Crippen LogP contribution in [0.25, 0.3) is 0 Å². The minimum Gasteiger partial charge on any atom is -0.352 e. The third-order valence-corrected chi connectivity index (χ3v) is 3.21. The lowest BCUT2D eigenvalue weighted by Crippen LogP contribution is -2.34. The number of anilines is 1. The molecule has 1 heterocycles. The van der Waals surface area contributed by atoms with Crippen LogP contribution in [0.1, 0.15) is 33.2 Å². The average molecular weight is 302 g/mol. The lowest BCUT2D eigenvalue weighted by Gasteiger charge is -2.22. The molecule has 0 fully saturated rings. The predicted octanol–water partition coefficient (Wildman–Crippen LogP) is 2.44. The molecule has 0 atom stereocenters. The average Bonchev–Trinajstić information content (AvgIpc) is 2.31. The molecule has 0 saturated carbocycles. The van der Waals surface area contributed by atoms with Crippen molar-refractivity contribution in [1.82, 2.24) is 9.55 Å². The molecule has 0 aliphatic heterocycles. The Balaban J connectivity index is 3.03. The van der Waals surface area contributed by atoms with Crippen molar-refractivity contribution >= 4 is 21.7 Å². The summed E-state index contributed by atoms with van der Waals surface area (Å²) in [4.78, 5) is 18.5. The molecule has 0 unspecified atom stereocenters. The summed E-state index contributed by atoms with van der Waals surface area (Å²) in [5.41, 5.74) is -0.000998. The third kappa shape index (κ3) is 3.56. The molecule has 0 spiro atoms. The van der Waals surface area contributed by atoms with Gasteiger partial charge in [-0.15, -0.1) is 0 Å². The van der Waals surface area contributed by atoms with Gasteiger partial charge in [-0.2, -0.15) is 0 Å². The normalized spacial score (nSPS) is 10.9. The fraction of sp³-hybridized carbons (Fsp3) is 0.667. The van der Waals surface area contributed by atoms with Crippen LogP contribution in [0.4, 0.5) is 5.82 Å². The highest BCUT2D eigenvalue weighted by molar-refractivity contribution is 9.09. The molecule has 0 bridgehead atoms. The van der Waals surface area contributed by atoms with E-state index in [0.29, 0.717) is 5.82 Å². The van der Waals surface area contributed by atoms with Gasteiger partial charge in [0.25, 0.3) is 5.56 Å². The second-order valence-electron chi connectivity index (χ2n) is 4.18. The minimum absolute atomic E-state index is 0.000998. The van der Waals surface area contributed by atoms with Crippen LogP contribution in [0.5, 0.6) is 0 Å². The first-order valence-electron chi connectivity index (χ1n) is 5.99. The Labute approximate surface area is 111 Å². The number of hydrogen-bond donors (Lipinski definition) is 0. The Morgan fingerprint density at radius 3 is 2.76 bits per heavy atom. The molecule has 0 aliphatic carbocycles. The van der Waals surface area contributed by atoms with E-state index in [1.54, 1.807) is 17.0 Å². The van der Waals surface area contributed by atoms with E-state index in [0.717, 1.165) is 24.8 Å². The largest absolute Gasteiger partial charge is 0.352 e. The summed E-state index contributed by atoms with van der Waals surface area (Å²) in [7, 11) is 0. The maximum Gasteiger partial charge on any atom is 0.293 e. The van der Waals surface area contributed by atoms with Gasteiger partial charge in [-0.05, 0) is 27.2 Å². The van der Waals surface area contributed by atoms with Crippen LogP contribution < -0.4 is 10.5 Å². The SMILES string of the molecule is CCN(CCCBr)c1nccn(C(C)C)c1=O. The molecule has 0 radical (unpaired) electrons. The number of nitrogens with zero attached hydrogens (tertiary/aromatic N) is 3. The molecule has 96 valence electrons. The van der Waals surface area contributed by atoms with Crippen molar-refractivity contribution in [2.45, 2.75) is 33.2 Å². The van der Waals surface area contributed by atoms with Gasteiger partial charge in [-0.1, -0.05) is 15.9 Å². The molecule has 1 rings (SSSR count). The number of rotatable bonds is 6. The molecule has 0 saturated heterocycles. The summed E-state index contributed by atoms with van der Waals surface area (Å²) in [6.45, 7) is 7.70. The quantitative estimate of drug-likeness (QED) is 0.758. The molecule has 1 aromatic rings. The van der Waals surface area contributed by atoms with Crippen molar-refractivity contribution in [2.75, 3.05) is 23.3 Å². The maximum absolute atomic E-state index is 12.2. The fourth-order valence-electron chi connectivity index (χ4n) is 1.70. The van der Waals surface area contributed by atoms with Crippen LogP contribution in [0.2, 0.25) is 0 Å². The van der Waals surface area contributed by atoms with Gasteiger partial charge in [-0.3, -0.25) is 4.79 Å². The van der Waals surface area contributed by atoms with Crippen LogP contribution >= 0.6 is 15.9 Å². The topological polar surface area (TPSA) is 38.1 Å². The van der Waals surface area contributed by atoms with E-state index in [1.807, 2.05) is 25.7 Å². The van der Waals surface area contributed by atoms with Gasteiger partial charge in [0.1, 0.15) is 0 Å². The molecule has 5 heteroatoms. The van der Waals surface area contributed by atoms with Gasteiger partial charge in [0.15, 0.2) is 5.82 Å². The second-order valence-corrected chi connectivity index (χ2v) is 4.97. The van der Waals surface area contributed by atoms with Gasteiger partial charge >= 0.3 is 0 Å². The van der Waals surface area contributed by atoms with Crippen molar-refractivity contribution in [3.63, 3.8) is 0 Å². The van der Waals surface area contributed by atoms with Crippen molar-refractivity contribution < 1.29 is 0 Å². The standard InChI is InChI=1S/C12H20BrN3O/c1-4-15(8-5-6-13)11-12(17)16(10(2)3)9-7-14-11/h7,9-10H,4-6,8H2,1-3H3. The molecule has 0 N–H and O–H groups in total. The van der Waals surface area contributed by atoms with Crippen molar-refractivity contribution in [3.8, 4) is 0 Å². The Bertz CT molecular complexity index is 403. The Morgan fingerprint density at radius 2 is 2.24 bits per heavy atom. The lowest BCUT2D eigenvalue weighted by molar-refractivity contribution is 0.571. The smallest absolute Gasteiger partial charge is 0.293 e. The van der Waals surface area contributed by atoms with Crippen LogP contribution in [-0.2, 0) is 0 Å². The van der Waals surface area contributed by atoms with Gasteiger partial charge in [-0.25, -0.2) is 4.98 Å². The zero-order valence-electron chi connectivity index (χ0n) is 10.7. The van der Waals surface area contributed by atoms with Gasteiger partial charge < -0.3 is 9.47 Å². The highest BCUT2D eigenvalue weighted by atomic mass is 79.9. The Kier molecular flexibility index (Phi) is 5.68. The van der Waals surface area contributed by atoms with Crippen molar-refractivity contribution in [3.05, 3.63) is 22.7 Å². The first-order chi connectivity index (χ1) is 8.11. The number of aromatic nitrogens is 2. The second kappa shape index (κ2) is 6.79. The Morgan fingerprint density at radius 1 is 1.53 bits per heavy atom. The van der Waals surface area contributed by atoms with E-state index in [9.17, 15) is 4.79 Å². The summed E-state index contributed by atoms with van der Waals surface area (Å²) in [5, 5.41) is 0.939. The van der Waals surface area contributed by atoms with Gasteiger partial charge in [0.2, 0.25) is 0 Å². The highest BCUT2D eigenvalue weighted by Gasteiger charge is 2.12. The summed E-state index contributed by atoms with van der Waals surface area (Å²) in [6, 6.07) is 0.166. The first-order valence-corrected chi connectivity index (χ1v) is 7.12. The Hall–Kier alpha value is -0.840. The molecule has 0 amide bonds. The van der Waals surface area contributed by atoms with Crippen LogP contribution in [0.15, 0.2) is 17.2 Å². The van der Waals surface area contributed by atoms with Gasteiger partial charge in [0.05, 0.1) is 0 Å². The minimum atomic E-state index is -0.000998. The lowest BCUT2D eigenvalue weighted by atomic mass is 10.3. The highest BCUT2D eigenvalue weighted by Crippen LogP contribution is 2.07. The van der Waals surface area contributed by atoms with E-state index >= 15 is 0 Å². The van der Waals surface area contributed by atoms with Crippen molar-refractivity contribution in [1.29, 1.82) is 0 Å². The monoisotopic (exact) mass is 301 g/mol. The molecule has 0 aromatic carbocycles. The summed E-state index contributed by atoms with van der Waals surface area (Å²) in [6.07, 6.45) is 4.45. The molecule has 0 aliphatic rings. The fourth-order valence-corrected chi connectivity index (χ4v) is 1.95. The predicted molar refractivity (Wildman–Crippen MR) is 75.2 cm³/mol. The maximum atomic E-state index is 12.2. The number of halogens is 1. The molecular weight excluding hydrogens is 282 g/mol. The summed E-state index contributed by atoms with van der Waals surface area (Å²) < 4.78 is 1.72. The van der Waals surface area contributed by atoms with Crippen LogP contribution in [0, 0.1) is 0 Å². The molecule has 1 aromatic heterocycles. The first kappa shape index (κ1) is 14.2. The van der Waals surface area contributed by atoms with E-state index in [2.05, 4.69) is 20.9 Å². The van der Waals surface area contributed by atoms with Crippen LogP contribution in [-0.4, -0.2) is 28.0 Å². The van der Waals surface area contributed by atoms with E-state index in [4.69, 9.17) is 0 Å². The van der Waals surface area contributed by atoms with Crippen molar-refractivity contribution in [2.24, 2.45) is 0 Å². The van der Waals surface area contributed by atoms with E-state index in [-0.39, 0.29) is 11.6 Å².